The smallest absolute Gasteiger partial charge is 0.339 e. The second-order valence-electron chi connectivity index (χ2n) is 9.09. The fourth-order valence-electron chi connectivity index (χ4n) is 4.72. The summed E-state index contributed by atoms with van der Waals surface area (Å²) in [7, 11) is -4.32. The molecule has 0 spiro atoms. The molecule has 1 aromatic heterocycles. The van der Waals surface area contributed by atoms with Crippen LogP contribution in [0.3, 0.4) is 0 Å². The van der Waals surface area contributed by atoms with Crippen molar-refractivity contribution in [3.8, 4) is 22.6 Å². The van der Waals surface area contributed by atoms with Gasteiger partial charge in [-0.1, -0.05) is 24.3 Å². The Morgan fingerprint density at radius 3 is 2.24 bits per heavy atom. The van der Waals surface area contributed by atoms with Gasteiger partial charge in [0.1, 0.15) is 22.0 Å². The van der Waals surface area contributed by atoms with E-state index >= 15 is 0 Å². The molecule has 0 aliphatic carbocycles. The number of aryl methyl sites for hydroxylation is 4. The van der Waals surface area contributed by atoms with Crippen molar-refractivity contribution in [2.45, 2.75) is 32.6 Å². The Morgan fingerprint density at radius 1 is 0.919 bits per heavy atom. The van der Waals surface area contributed by atoms with Gasteiger partial charge in [0.15, 0.2) is 0 Å². The maximum Gasteiger partial charge on any atom is 0.339 e. The number of fused-ring (bicyclic) bond motifs is 2. The molecule has 188 valence electrons. The molecule has 0 aliphatic heterocycles. The van der Waals surface area contributed by atoms with E-state index in [2.05, 4.69) is 32.0 Å². The number of hydrogen-bond acceptors (Lipinski definition) is 6. The first kappa shape index (κ1) is 24.8. The first-order chi connectivity index (χ1) is 17.5. The first-order valence-corrected chi connectivity index (χ1v) is 13.7. The highest BCUT2D eigenvalue weighted by Gasteiger charge is 2.23. The molecule has 1 heterocycles. The minimum Gasteiger partial charge on any atom is -0.507 e. The van der Waals surface area contributed by atoms with Crippen LogP contribution in [-0.2, 0) is 10.1 Å². The van der Waals surface area contributed by atoms with Gasteiger partial charge in [0, 0.05) is 21.0 Å². The number of carbonyl (C=O) groups is 1. The van der Waals surface area contributed by atoms with Gasteiger partial charge in [-0.2, -0.15) is 8.42 Å². The molecule has 5 rings (SSSR count). The van der Waals surface area contributed by atoms with Crippen LogP contribution in [0, 0.1) is 27.7 Å². The summed E-state index contributed by atoms with van der Waals surface area (Å²) in [6.45, 7) is 7.83. The van der Waals surface area contributed by atoms with Gasteiger partial charge in [-0.15, -0.1) is 11.3 Å². The third kappa shape index (κ3) is 4.22. The van der Waals surface area contributed by atoms with Gasteiger partial charge in [0.2, 0.25) is 0 Å². The normalized spacial score (nSPS) is 11.8. The van der Waals surface area contributed by atoms with Gasteiger partial charge in [-0.05, 0) is 96.6 Å². The fraction of sp³-hybridized carbons (Fsp3) is 0.138. The molecule has 6 nitrogen and oxygen atoms in total. The molecule has 0 aliphatic rings. The molecular weight excluding hydrogens is 508 g/mol. The highest BCUT2D eigenvalue weighted by atomic mass is 32.2. The predicted octanol–water partition coefficient (Wildman–Crippen LogP) is 7.13. The van der Waals surface area contributed by atoms with Gasteiger partial charge in [-0.3, -0.25) is 0 Å². The zero-order chi connectivity index (χ0) is 26.6. The molecule has 5 aromatic rings. The SMILES string of the molecule is Cc1cc(-c2c3ccccc3cc3sc(C)c(C)c23)cc(C)c1OS(=O)(=O)c1ccc(C(=O)O)c(O)c1. The molecule has 0 saturated carbocycles. The van der Waals surface area contributed by atoms with Crippen molar-refractivity contribution < 1.29 is 27.6 Å². The summed E-state index contributed by atoms with van der Waals surface area (Å²) in [6.07, 6.45) is 0. The van der Waals surface area contributed by atoms with Crippen molar-refractivity contribution in [3.63, 3.8) is 0 Å². The number of hydrogen-bond donors (Lipinski definition) is 2. The third-order valence-corrected chi connectivity index (χ3v) is 8.98. The van der Waals surface area contributed by atoms with E-state index in [-0.39, 0.29) is 10.6 Å². The largest absolute Gasteiger partial charge is 0.507 e. The number of thiophene rings is 1. The lowest BCUT2D eigenvalue weighted by atomic mass is 9.91. The van der Waals surface area contributed by atoms with E-state index in [0.29, 0.717) is 11.1 Å². The molecule has 0 unspecified atom stereocenters. The number of aromatic carboxylic acids is 1. The standard InChI is InChI=1S/C29H24O6S2/c1-15-11-20(27-22-8-6-5-7-19(22)13-25-26(27)17(3)18(4)36-25)12-16(2)28(15)35-37(33,34)21-9-10-23(29(31)32)24(30)14-21/h5-14,30H,1-4H3,(H,31,32). The number of rotatable bonds is 5. The maximum absolute atomic E-state index is 13.0. The number of phenols is 1. The maximum atomic E-state index is 13.0. The second-order valence-corrected chi connectivity index (χ2v) is 11.9. The molecule has 0 fully saturated rings. The number of benzene rings is 4. The molecular formula is C29H24O6S2. The van der Waals surface area contributed by atoms with Gasteiger partial charge < -0.3 is 14.4 Å². The van der Waals surface area contributed by atoms with Crippen LogP contribution in [0.15, 0.2) is 65.6 Å². The van der Waals surface area contributed by atoms with Crippen molar-refractivity contribution in [2.24, 2.45) is 0 Å². The van der Waals surface area contributed by atoms with E-state index in [4.69, 9.17) is 9.29 Å². The van der Waals surface area contributed by atoms with Crippen LogP contribution >= 0.6 is 11.3 Å². The lowest BCUT2D eigenvalue weighted by Gasteiger charge is -2.16. The zero-order valence-electron chi connectivity index (χ0n) is 20.6. The monoisotopic (exact) mass is 532 g/mol. The minimum atomic E-state index is -4.32. The average molecular weight is 533 g/mol. The highest BCUT2D eigenvalue weighted by molar-refractivity contribution is 7.87. The highest BCUT2D eigenvalue weighted by Crippen LogP contribution is 2.44. The summed E-state index contributed by atoms with van der Waals surface area (Å²) in [5, 5.41) is 22.5. The summed E-state index contributed by atoms with van der Waals surface area (Å²) in [4.78, 5) is 12.1. The molecule has 0 bridgehead atoms. The number of aromatic hydroxyl groups is 1. The fourth-order valence-corrected chi connectivity index (χ4v) is 6.92. The van der Waals surface area contributed by atoms with Crippen molar-refractivity contribution in [3.05, 3.63) is 87.8 Å². The Hall–Kier alpha value is -3.88. The first-order valence-electron chi connectivity index (χ1n) is 11.5. The quantitative estimate of drug-likeness (QED) is 0.234. The molecule has 0 amide bonds. The molecule has 8 heteroatoms. The van der Waals surface area contributed by atoms with E-state index in [1.807, 2.05) is 24.3 Å². The van der Waals surface area contributed by atoms with E-state index in [9.17, 15) is 18.3 Å². The molecule has 2 N–H and O–H groups in total. The summed E-state index contributed by atoms with van der Waals surface area (Å²) in [5.41, 5.74) is 4.17. The number of carboxylic acid groups (broad SMARTS) is 1. The van der Waals surface area contributed by atoms with Gasteiger partial charge >= 0.3 is 16.1 Å². The van der Waals surface area contributed by atoms with E-state index in [1.54, 1.807) is 25.2 Å². The summed E-state index contributed by atoms with van der Waals surface area (Å²) < 4.78 is 32.7. The topological polar surface area (TPSA) is 101 Å². The average Bonchev–Trinajstić information content (AvgIpc) is 3.12. The van der Waals surface area contributed by atoms with Crippen LogP contribution in [0.1, 0.15) is 31.9 Å². The van der Waals surface area contributed by atoms with Crippen molar-refractivity contribution in [1.82, 2.24) is 0 Å². The van der Waals surface area contributed by atoms with Gasteiger partial charge in [-0.25, -0.2) is 4.79 Å². The minimum absolute atomic E-state index is 0.195. The van der Waals surface area contributed by atoms with Gasteiger partial charge in [0.05, 0.1) is 0 Å². The Morgan fingerprint density at radius 2 is 1.59 bits per heavy atom. The van der Waals surface area contributed by atoms with Crippen LogP contribution in [0.4, 0.5) is 0 Å². The molecule has 37 heavy (non-hydrogen) atoms. The van der Waals surface area contributed by atoms with E-state index in [0.717, 1.165) is 40.1 Å². The van der Waals surface area contributed by atoms with Crippen LogP contribution in [0.2, 0.25) is 0 Å². The van der Waals surface area contributed by atoms with Crippen LogP contribution in [0.25, 0.3) is 32.0 Å². The van der Waals surface area contributed by atoms with Crippen LogP contribution in [-0.4, -0.2) is 24.6 Å². The van der Waals surface area contributed by atoms with Crippen molar-refractivity contribution in [2.75, 3.05) is 0 Å². The number of carboxylic acids is 1. The summed E-state index contributed by atoms with van der Waals surface area (Å²) >= 11 is 1.76. The second kappa shape index (κ2) is 8.90. The van der Waals surface area contributed by atoms with Gasteiger partial charge in [0.25, 0.3) is 0 Å². The molecule has 0 radical (unpaired) electrons. The third-order valence-electron chi connectivity index (χ3n) is 6.61. The Kier molecular flexibility index (Phi) is 5.96. The van der Waals surface area contributed by atoms with Crippen LogP contribution in [0.5, 0.6) is 11.5 Å². The van der Waals surface area contributed by atoms with E-state index < -0.39 is 27.4 Å². The predicted molar refractivity (Wildman–Crippen MR) is 147 cm³/mol. The molecule has 0 atom stereocenters. The Balaban J connectivity index is 1.64. The molecule has 4 aromatic carbocycles. The van der Waals surface area contributed by atoms with E-state index in [1.165, 1.54) is 20.5 Å². The lowest BCUT2D eigenvalue weighted by molar-refractivity contribution is 0.0693. The molecule has 0 saturated heterocycles. The zero-order valence-corrected chi connectivity index (χ0v) is 22.3. The Bertz CT molecular complexity index is 1830. The Labute approximate surface area is 218 Å². The van der Waals surface area contributed by atoms with Crippen molar-refractivity contribution >= 4 is 48.3 Å². The lowest BCUT2D eigenvalue weighted by Crippen LogP contribution is -2.12. The summed E-state index contributed by atoms with van der Waals surface area (Å²) in [5.74, 6) is -1.81. The van der Waals surface area contributed by atoms with Crippen molar-refractivity contribution in [1.29, 1.82) is 0 Å². The van der Waals surface area contributed by atoms with Crippen LogP contribution < -0.4 is 4.18 Å². The summed E-state index contributed by atoms with van der Waals surface area (Å²) in [6, 6.07) is 17.3.